The number of hydrogen-bond acceptors (Lipinski definition) is 3. The molecule has 0 aliphatic heterocycles. The van der Waals surface area contributed by atoms with Crippen molar-refractivity contribution < 1.29 is 13.5 Å². The van der Waals surface area contributed by atoms with Gasteiger partial charge in [0.25, 0.3) is 0 Å². The second kappa shape index (κ2) is 3.77. The second-order valence-electron chi connectivity index (χ2n) is 3.86. The van der Waals surface area contributed by atoms with Crippen molar-refractivity contribution in [1.82, 2.24) is 0 Å². The molecule has 1 N–H and O–H groups in total. The molecule has 0 heterocycles. The van der Waals surface area contributed by atoms with Crippen LogP contribution >= 0.6 is 11.6 Å². The zero-order chi connectivity index (χ0) is 11.9. The van der Waals surface area contributed by atoms with E-state index in [0.29, 0.717) is 10.6 Å². The topological polar surface area (TPSA) is 54.4 Å². The average molecular weight is 249 g/mol. The van der Waals surface area contributed by atoms with Gasteiger partial charge >= 0.3 is 0 Å². The van der Waals surface area contributed by atoms with Gasteiger partial charge in [-0.1, -0.05) is 11.6 Å². The molecule has 0 bridgehead atoms. The maximum absolute atomic E-state index is 11.8. The van der Waals surface area contributed by atoms with Crippen LogP contribution in [0.5, 0.6) is 0 Å². The molecule has 1 aromatic rings. The van der Waals surface area contributed by atoms with Crippen LogP contribution in [-0.4, -0.2) is 18.5 Å². The third-order valence-electron chi connectivity index (χ3n) is 2.10. The molecule has 0 unspecified atom stereocenters. The van der Waals surface area contributed by atoms with Gasteiger partial charge in [-0.25, -0.2) is 8.42 Å². The first-order valence-electron chi connectivity index (χ1n) is 4.39. The maximum atomic E-state index is 11.8. The first kappa shape index (κ1) is 12.5. The summed E-state index contributed by atoms with van der Waals surface area (Å²) in [6, 6.07) is 4.35. The third kappa shape index (κ3) is 2.33. The Kier molecular flexibility index (Phi) is 3.14. The number of benzene rings is 1. The lowest BCUT2D eigenvalue weighted by atomic mass is 10.2. The number of halogens is 1. The summed E-state index contributed by atoms with van der Waals surface area (Å²) in [5.41, 5.74) is 0.669. The molecule has 3 nitrogen and oxygen atoms in total. The molecule has 0 saturated carbocycles. The molecule has 0 radical (unpaired) electrons. The van der Waals surface area contributed by atoms with Crippen molar-refractivity contribution in [2.24, 2.45) is 0 Å². The molecule has 1 rings (SSSR count). The van der Waals surface area contributed by atoms with Crippen LogP contribution in [0.15, 0.2) is 23.1 Å². The van der Waals surface area contributed by atoms with Crippen molar-refractivity contribution in [3.05, 3.63) is 28.8 Å². The first-order chi connectivity index (χ1) is 6.66. The average Bonchev–Trinajstić information content (AvgIpc) is 2.07. The van der Waals surface area contributed by atoms with E-state index in [9.17, 15) is 13.5 Å². The summed E-state index contributed by atoms with van der Waals surface area (Å²) in [7, 11) is -3.72. The molecule has 0 saturated heterocycles. The fraction of sp³-hybridized carbons (Fsp3) is 0.400. The van der Waals surface area contributed by atoms with Crippen LogP contribution in [0.4, 0.5) is 0 Å². The molecule has 1 aromatic carbocycles. The predicted octanol–water partition coefficient (Wildman–Crippen LogP) is 2.15. The van der Waals surface area contributed by atoms with Gasteiger partial charge in [0.05, 0.1) is 4.90 Å². The molecular weight excluding hydrogens is 236 g/mol. The standard InChI is InChI=1S/C10H13ClO3S/c1-7-6-8(4-5-9(7)11)15(13,14)10(2,3)12/h4-6,12H,1-3H3. The van der Waals surface area contributed by atoms with Crippen LogP contribution < -0.4 is 0 Å². The Bertz CT molecular complexity index is 472. The lowest BCUT2D eigenvalue weighted by Gasteiger charge is -2.18. The largest absolute Gasteiger partial charge is 0.374 e. The highest BCUT2D eigenvalue weighted by atomic mass is 35.5. The number of hydrogen-bond donors (Lipinski definition) is 1. The van der Waals surface area contributed by atoms with Crippen LogP contribution in [0.3, 0.4) is 0 Å². The summed E-state index contributed by atoms with van der Waals surface area (Å²) < 4.78 is 23.6. The van der Waals surface area contributed by atoms with Crippen LogP contribution in [0.2, 0.25) is 5.02 Å². The van der Waals surface area contributed by atoms with E-state index >= 15 is 0 Å². The highest BCUT2D eigenvalue weighted by molar-refractivity contribution is 7.92. The zero-order valence-corrected chi connectivity index (χ0v) is 10.4. The molecule has 5 heteroatoms. The van der Waals surface area contributed by atoms with E-state index in [0.717, 1.165) is 0 Å². The Labute approximate surface area is 94.6 Å². The zero-order valence-electron chi connectivity index (χ0n) is 8.78. The highest BCUT2D eigenvalue weighted by Crippen LogP contribution is 2.26. The number of rotatable bonds is 2. The quantitative estimate of drug-likeness (QED) is 0.873. The molecule has 84 valence electrons. The Hall–Kier alpha value is -0.580. The number of sulfone groups is 1. The molecule has 0 aliphatic carbocycles. The van der Waals surface area contributed by atoms with E-state index in [1.165, 1.54) is 32.0 Å². The van der Waals surface area contributed by atoms with Crippen LogP contribution in [0, 0.1) is 6.92 Å². The van der Waals surface area contributed by atoms with Crippen molar-refractivity contribution in [3.8, 4) is 0 Å². The van der Waals surface area contributed by atoms with Gasteiger partial charge in [-0.15, -0.1) is 0 Å². The van der Waals surface area contributed by atoms with E-state index in [-0.39, 0.29) is 4.90 Å². The SMILES string of the molecule is Cc1cc(S(=O)(=O)C(C)(C)O)ccc1Cl. The molecule has 0 fully saturated rings. The van der Waals surface area contributed by atoms with Gasteiger partial charge in [-0.2, -0.15) is 0 Å². The summed E-state index contributed by atoms with van der Waals surface area (Å²) in [5.74, 6) is 0. The van der Waals surface area contributed by atoms with E-state index in [4.69, 9.17) is 11.6 Å². The molecule has 15 heavy (non-hydrogen) atoms. The van der Waals surface area contributed by atoms with Crippen molar-refractivity contribution in [2.75, 3.05) is 0 Å². The molecule has 0 spiro atoms. The monoisotopic (exact) mass is 248 g/mol. The van der Waals surface area contributed by atoms with Crippen LogP contribution in [-0.2, 0) is 9.84 Å². The van der Waals surface area contributed by atoms with Gasteiger partial charge in [0.1, 0.15) is 0 Å². The molecular formula is C10H13ClO3S. The Morgan fingerprint density at radius 3 is 2.27 bits per heavy atom. The van der Waals surface area contributed by atoms with E-state index in [2.05, 4.69) is 0 Å². The highest BCUT2D eigenvalue weighted by Gasteiger charge is 2.33. The van der Waals surface area contributed by atoms with Gasteiger partial charge in [0.15, 0.2) is 4.93 Å². The smallest absolute Gasteiger partial charge is 0.207 e. The lowest BCUT2D eigenvalue weighted by molar-refractivity contribution is 0.165. The Morgan fingerprint density at radius 2 is 1.87 bits per heavy atom. The molecule has 0 amide bonds. The second-order valence-corrected chi connectivity index (χ2v) is 6.75. The van der Waals surface area contributed by atoms with Gasteiger partial charge in [0, 0.05) is 5.02 Å². The van der Waals surface area contributed by atoms with Crippen LogP contribution in [0.25, 0.3) is 0 Å². The summed E-state index contributed by atoms with van der Waals surface area (Å²) in [4.78, 5) is -1.70. The third-order valence-corrected chi connectivity index (χ3v) is 4.71. The fourth-order valence-corrected chi connectivity index (χ4v) is 2.35. The van der Waals surface area contributed by atoms with E-state index in [1.807, 2.05) is 0 Å². The van der Waals surface area contributed by atoms with Crippen molar-refractivity contribution >= 4 is 21.4 Å². The minimum absolute atomic E-state index is 0.0805. The maximum Gasteiger partial charge on any atom is 0.207 e. The van der Waals surface area contributed by atoms with Crippen molar-refractivity contribution in [1.29, 1.82) is 0 Å². The predicted molar refractivity (Wildman–Crippen MR) is 59.7 cm³/mol. The van der Waals surface area contributed by atoms with Crippen molar-refractivity contribution in [3.63, 3.8) is 0 Å². The van der Waals surface area contributed by atoms with E-state index < -0.39 is 14.8 Å². The van der Waals surface area contributed by atoms with Gasteiger partial charge in [0.2, 0.25) is 9.84 Å². The first-order valence-corrected chi connectivity index (χ1v) is 6.25. The van der Waals surface area contributed by atoms with Crippen molar-refractivity contribution in [2.45, 2.75) is 30.6 Å². The number of aliphatic hydroxyl groups is 1. The molecule has 0 aromatic heterocycles. The fourth-order valence-electron chi connectivity index (χ4n) is 1.07. The van der Waals surface area contributed by atoms with Gasteiger partial charge in [-0.05, 0) is 44.5 Å². The Balaban J connectivity index is 3.36. The minimum atomic E-state index is -3.72. The van der Waals surface area contributed by atoms with Gasteiger partial charge < -0.3 is 5.11 Å². The van der Waals surface area contributed by atoms with Crippen LogP contribution in [0.1, 0.15) is 19.4 Å². The minimum Gasteiger partial charge on any atom is -0.374 e. The molecule has 0 aliphatic rings. The summed E-state index contributed by atoms with van der Waals surface area (Å²) >= 11 is 5.79. The summed E-state index contributed by atoms with van der Waals surface area (Å²) in [5, 5.41) is 10.0. The number of aryl methyl sites for hydroxylation is 1. The van der Waals surface area contributed by atoms with E-state index in [1.54, 1.807) is 6.92 Å². The summed E-state index contributed by atoms with van der Waals surface area (Å²) in [6.07, 6.45) is 0. The normalized spacial score (nSPS) is 12.9. The summed E-state index contributed by atoms with van der Waals surface area (Å²) in [6.45, 7) is 4.20. The molecule has 0 atom stereocenters. The lowest BCUT2D eigenvalue weighted by Crippen LogP contribution is -2.31. The Morgan fingerprint density at radius 1 is 1.33 bits per heavy atom. The van der Waals surface area contributed by atoms with Gasteiger partial charge in [-0.3, -0.25) is 0 Å².